The molecule has 2 aromatic rings. The highest BCUT2D eigenvalue weighted by Crippen LogP contribution is 2.40. The van der Waals surface area contributed by atoms with Gasteiger partial charge in [-0.3, -0.25) is 9.69 Å². The van der Waals surface area contributed by atoms with E-state index in [1.165, 1.54) is 11.0 Å². The summed E-state index contributed by atoms with van der Waals surface area (Å²) in [6, 6.07) is 11.0. The molecule has 0 bridgehead atoms. The van der Waals surface area contributed by atoms with Crippen molar-refractivity contribution in [3.8, 4) is 0 Å². The summed E-state index contributed by atoms with van der Waals surface area (Å²) >= 11 is 6.06. The van der Waals surface area contributed by atoms with Gasteiger partial charge in [-0.2, -0.15) is 17.5 Å². The molecule has 0 saturated carbocycles. The third-order valence-corrected chi connectivity index (χ3v) is 9.40. The third-order valence-electron chi connectivity index (χ3n) is 7.01. The molecule has 1 saturated heterocycles. The maximum atomic E-state index is 13.8. The second-order valence-electron chi connectivity index (χ2n) is 9.17. The van der Waals surface area contributed by atoms with Crippen LogP contribution < -0.4 is 4.90 Å². The average Bonchev–Trinajstić information content (AvgIpc) is 2.87. The van der Waals surface area contributed by atoms with Gasteiger partial charge in [0.2, 0.25) is 10.0 Å². The van der Waals surface area contributed by atoms with Crippen LogP contribution in [0.25, 0.3) is 0 Å². The van der Waals surface area contributed by atoms with Gasteiger partial charge in [-0.25, -0.2) is 13.2 Å². The van der Waals surface area contributed by atoms with Crippen molar-refractivity contribution in [1.29, 1.82) is 0 Å². The number of carbonyl (C=O) groups excluding carboxylic acids is 2. The number of ether oxygens (including phenoxy) is 1. The van der Waals surface area contributed by atoms with Crippen LogP contribution in [-0.4, -0.2) is 61.5 Å². The Morgan fingerprint density at radius 1 is 1.03 bits per heavy atom. The van der Waals surface area contributed by atoms with Crippen molar-refractivity contribution >= 4 is 39.3 Å². The molecule has 8 nitrogen and oxygen atoms in total. The maximum absolute atomic E-state index is 13.8. The van der Waals surface area contributed by atoms with Crippen LogP contribution in [0.15, 0.2) is 42.5 Å². The van der Waals surface area contributed by atoms with Crippen LogP contribution in [0.1, 0.15) is 34.9 Å². The van der Waals surface area contributed by atoms with E-state index in [1.54, 1.807) is 36.4 Å². The van der Waals surface area contributed by atoms with Gasteiger partial charge in [-0.1, -0.05) is 35.9 Å². The molecular formula is C24H23ClF3N3O5S. The van der Waals surface area contributed by atoms with Gasteiger partial charge >= 0.3 is 18.2 Å². The van der Waals surface area contributed by atoms with Gasteiger partial charge in [-0.05, 0) is 48.6 Å². The normalized spacial score (nSPS) is 21.3. The van der Waals surface area contributed by atoms with E-state index in [2.05, 4.69) is 0 Å². The van der Waals surface area contributed by atoms with Gasteiger partial charge < -0.3 is 9.64 Å². The lowest BCUT2D eigenvalue weighted by Crippen LogP contribution is -2.55. The molecule has 0 aliphatic carbocycles. The van der Waals surface area contributed by atoms with E-state index in [0.717, 1.165) is 9.87 Å². The van der Waals surface area contributed by atoms with Crippen LogP contribution in [0.4, 0.5) is 23.7 Å². The molecule has 0 aromatic heterocycles. The van der Waals surface area contributed by atoms with Crippen molar-refractivity contribution in [2.45, 2.75) is 43.5 Å². The van der Waals surface area contributed by atoms with Gasteiger partial charge in [0, 0.05) is 36.3 Å². The molecule has 1 atom stereocenters. The van der Waals surface area contributed by atoms with Crippen molar-refractivity contribution in [1.82, 2.24) is 9.21 Å². The van der Waals surface area contributed by atoms with Crippen LogP contribution in [0.3, 0.4) is 0 Å². The number of benzene rings is 2. The smallest absolute Gasteiger partial charge is 0.444 e. The SMILES string of the molecule is O=C1OCc2cc(Cl)ccc2N1C1CCN(S(=O)(=O)C2c3ccccc3CCN2C(=O)C(F)(F)F)CC1. The largest absolute Gasteiger partial charge is 0.471 e. The molecule has 5 rings (SSSR count). The van der Waals surface area contributed by atoms with Gasteiger partial charge in [-0.15, -0.1) is 0 Å². The number of cyclic esters (lactones) is 1. The van der Waals surface area contributed by atoms with E-state index < -0.39 is 33.6 Å². The molecule has 3 heterocycles. The Morgan fingerprint density at radius 2 is 1.73 bits per heavy atom. The van der Waals surface area contributed by atoms with Crippen molar-refractivity contribution in [3.63, 3.8) is 0 Å². The van der Waals surface area contributed by atoms with Crippen molar-refractivity contribution in [2.24, 2.45) is 0 Å². The minimum Gasteiger partial charge on any atom is -0.444 e. The molecule has 0 N–H and O–H groups in total. The van der Waals surface area contributed by atoms with E-state index in [-0.39, 0.29) is 57.1 Å². The second-order valence-corrected chi connectivity index (χ2v) is 11.6. The molecule has 0 radical (unpaired) electrons. The van der Waals surface area contributed by atoms with Crippen LogP contribution in [0.5, 0.6) is 0 Å². The minimum absolute atomic E-state index is 0.0353. The summed E-state index contributed by atoms with van der Waals surface area (Å²) in [6.45, 7) is -0.365. The molecule has 37 heavy (non-hydrogen) atoms. The van der Waals surface area contributed by atoms with E-state index in [0.29, 0.717) is 21.2 Å². The number of piperidine rings is 1. The summed E-state index contributed by atoms with van der Waals surface area (Å²) in [5, 5.41) is -1.30. The van der Waals surface area contributed by atoms with Crippen molar-refractivity contribution in [2.75, 3.05) is 24.5 Å². The number of anilines is 1. The fourth-order valence-corrected chi connectivity index (χ4v) is 7.55. The molecule has 3 aliphatic heterocycles. The van der Waals surface area contributed by atoms with E-state index in [1.807, 2.05) is 0 Å². The Kier molecular flexibility index (Phi) is 6.61. The number of rotatable bonds is 3. The highest BCUT2D eigenvalue weighted by atomic mass is 35.5. The quantitative estimate of drug-likeness (QED) is 0.563. The predicted octanol–water partition coefficient (Wildman–Crippen LogP) is 4.24. The van der Waals surface area contributed by atoms with Crippen LogP contribution in [-0.2, 0) is 32.6 Å². The van der Waals surface area contributed by atoms with Crippen LogP contribution in [0.2, 0.25) is 5.02 Å². The highest BCUT2D eigenvalue weighted by molar-refractivity contribution is 7.89. The first-order valence-electron chi connectivity index (χ1n) is 11.7. The number of amides is 2. The first-order valence-corrected chi connectivity index (χ1v) is 13.6. The van der Waals surface area contributed by atoms with E-state index >= 15 is 0 Å². The molecule has 198 valence electrons. The van der Waals surface area contributed by atoms with Gasteiger partial charge in [0.05, 0.1) is 5.69 Å². The first-order chi connectivity index (χ1) is 17.5. The number of fused-ring (bicyclic) bond motifs is 2. The topological polar surface area (TPSA) is 87.2 Å². The van der Waals surface area contributed by atoms with E-state index in [9.17, 15) is 31.2 Å². The monoisotopic (exact) mass is 557 g/mol. The zero-order valence-corrected chi connectivity index (χ0v) is 21.0. The Hall–Kier alpha value is -2.83. The molecule has 3 aliphatic rings. The lowest BCUT2D eigenvalue weighted by molar-refractivity contribution is -0.186. The van der Waals surface area contributed by atoms with Gasteiger partial charge in [0.15, 0.2) is 5.37 Å². The summed E-state index contributed by atoms with van der Waals surface area (Å²) in [5.41, 5.74) is 2.11. The van der Waals surface area contributed by atoms with Crippen LogP contribution in [0, 0.1) is 0 Å². The van der Waals surface area contributed by atoms with Crippen molar-refractivity contribution < 1.29 is 35.9 Å². The standard InChI is InChI=1S/C24H23ClF3N3O5S/c25-17-5-6-20-16(13-17)14-36-23(33)31(20)18-8-10-29(11-9-18)37(34,35)21-19-4-2-1-3-15(19)7-12-30(21)22(32)24(26,27)28/h1-6,13,18,21H,7-12,14H2. The van der Waals surface area contributed by atoms with Gasteiger partial charge in [0.1, 0.15) is 6.61 Å². The van der Waals surface area contributed by atoms with Crippen molar-refractivity contribution in [3.05, 3.63) is 64.2 Å². The highest BCUT2D eigenvalue weighted by Gasteiger charge is 2.51. The zero-order valence-electron chi connectivity index (χ0n) is 19.4. The molecular weight excluding hydrogens is 535 g/mol. The van der Waals surface area contributed by atoms with E-state index in [4.69, 9.17) is 16.3 Å². The molecule has 13 heteroatoms. The molecule has 1 fully saturated rings. The van der Waals surface area contributed by atoms with Crippen LogP contribution >= 0.6 is 11.6 Å². The summed E-state index contributed by atoms with van der Waals surface area (Å²) < 4.78 is 74.1. The molecule has 2 amide bonds. The first kappa shape index (κ1) is 25.8. The lowest BCUT2D eigenvalue weighted by atomic mass is 9.99. The molecule has 1 unspecified atom stereocenters. The Bertz CT molecular complexity index is 1350. The third kappa shape index (κ3) is 4.66. The molecule has 2 aromatic carbocycles. The molecule has 0 spiro atoms. The number of carbonyl (C=O) groups is 2. The predicted molar refractivity (Wildman–Crippen MR) is 128 cm³/mol. The Labute approximate surface area is 216 Å². The lowest BCUT2D eigenvalue weighted by Gasteiger charge is -2.43. The number of nitrogens with zero attached hydrogens (tertiary/aromatic N) is 3. The number of sulfonamides is 1. The zero-order chi connectivity index (χ0) is 26.5. The minimum atomic E-state index is -5.21. The second kappa shape index (κ2) is 9.48. The summed E-state index contributed by atoms with van der Waals surface area (Å²) in [6.07, 6.45) is -5.18. The number of hydrogen-bond donors (Lipinski definition) is 0. The fourth-order valence-electron chi connectivity index (χ4n) is 5.27. The summed E-state index contributed by atoms with van der Waals surface area (Å²) in [5.74, 6) is -2.18. The summed E-state index contributed by atoms with van der Waals surface area (Å²) in [7, 11) is -4.40. The average molecular weight is 558 g/mol. The Morgan fingerprint density at radius 3 is 2.43 bits per heavy atom. The number of hydrogen-bond acceptors (Lipinski definition) is 5. The summed E-state index contributed by atoms with van der Waals surface area (Å²) in [4.78, 5) is 26.7. The number of halogens is 4. The number of alkyl halides is 3. The van der Waals surface area contributed by atoms with Gasteiger partial charge in [0.25, 0.3) is 0 Å². The Balaban J connectivity index is 1.41. The fraction of sp³-hybridized carbons (Fsp3) is 0.417. The maximum Gasteiger partial charge on any atom is 0.471 e.